The van der Waals surface area contributed by atoms with Crippen molar-refractivity contribution in [3.05, 3.63) is 199 Å². The predicted molar refractivity (Wildman–Crippen MR) is 228 cm³/mol. The summed E-state index contributed by atoms with van der Waals surface area (Å²) in [7, 11) is 0. The van der Waals surface area contributed by atoms with E-state index in [0.29, 0.717) is 23.3 Å². The zero-order chi connectivity index (χ0) is 37.8. The summed E-state index contributed by atoms with van der Waals surface area (Å²) in [5.41, 5.74) is 14.5. The van der Waals surface area contributed by atoms with Gasteiger partial charge in [-0.05, 0) is 54.3 Å². The highest BCUT2D eigenvalue weighted by Gasteiger charge is 2.15. The van der Waals surface area contributed by atoms with Crippen LogP contribution >= 0.6 is 0 Å². The molecule has 7 aromatic carbocycles. The normalized spacial score (nSPS) is 11.0. The van der Waals surface area contributed by atoms with Gasteiger partial charge in [-0.2, -0.15) is 0 Å². The maximum Gasteiger partial charge on any atom is 0.164 e. The van der Waals surface area contributed by atoms with E-state index in [4.69, 9.17) is 24.9 Å². The van der Waals surface area contributed by atoms with Crippen LogP contribution in [0.1, 0.15) is 11.1 Å². The van der Waals surface area contributed by atoms with Crippen molar-refractivity contribution in [1.82, 2.24) is 24.9 Å². The molecule has 0 unspecified atom stereocenters. The van der Waals surface area contributed by atoms with Crippen molar-refractivity contribution in [2.75, 3.05) is 0 Å². The Bertz CT molecular complexity index is 2800. The van der Waals surface area contributed by atoms with Gasteiger partial charge in [-0.3, -0.25) is 0 Å². The molecule has 0 aliphatic rings. The summed E-state index contributed by atoms with van der Waals surface area (Å²) in [5.74, 6) is 2.60. The van der Waals surface area contributed by atoms with Crippen LogP contribution in [0.25, 0.3) is 90.3 Å². The zero-order valence-electron chi connectivity index (χ0n) is 31.1. The van der Waals surface area contributed by atoms with Crippen molar-refractivity contribution >= 4 is 0 Å². The molecule has 2 aromatic heterocycles. The Morgan fingerprint density at radius 1 is 0.232 bits per heavy atom. The van der Waals surface area contributed by atoms with Gasteiger partial charge in [0.15, 0.2) is 23.3 Å². The number of aromatic nitrogens is 5. The first-order valence-corrected chi connectivity index (χ1v) is 18.7. The highest BCUT2D eigenvalue weighted by Crippen LogP contribution is 2.32. The zero-order valence-corrected chi connectivity index (χ0v) is 31.1. The van der Waals surface area contributed by atoms with Gasteiger partial charge < -0.3 is 0 Å². The number of aryl methyl sites for hydroxylation is 2. The number of rotatable bonds is 8. The van der Waals surface area contributed by atoms with Gasteiger partial charge in [0, 0.05) is 33.4 Å². The summed E-state index contributed by atoms with van der Waals surface area (Å²) < 4.78 is 0. The first kappa shape index (κ1) is 34.4. The average Bonchev–Trinajstić information content (AvgIpc) is 3.27. The van der Waals surface area contributed by atoms with Crippen molar-refractivity contribution < 1.29 is 0 Å². The highest BCUT2D eigenvalue weighted by molar-refractivity contribution is 5.76. The molecule has 266 valence electrons. The molecule has 0 radical (unpaired) electrons. The highest BCUT2D eigenvalue weighted by atomic mass is 15.0. The Labute approximate surface area is 327 Å². The molecule has 9 aromatic rings. The van der Waals surface area contributed by atoms with Crippen LogP contribution < -0.4 is 0 Å². The lowest BCUT2D eigenvalue weighted by atomic mass is 10.00. The Kier molecular flexibility index (Phi) is 9.32. The van der Waals surface area contributed by atoms with E-state index in [1.165, 1.54) is 11.1 Å². The minimum absolute atomic E-state index is 0.624. The molecule has 2 heterocycles. The molecule has 0 atom stereocenters. The largest absolute Gasteiger partial charge is 0.228 e. The summed E-state index contributed by atoms with van der Waals surface area (Å²) in [6.07, 6.45) is 0. The van der Waals surface area contributed by atoms with Crippen molar-refractivity contribution in [1.29, 1.82) is 0 Å². The molecule has 0 amide bonds. The fourth-order valence-corrected chi connectivity index (χ4v) is 6.92. The molecule has 0 fully saturated rings. The second-order valence-electron chi connectivity index (χ2n) is 14.0. The molecule has 0 saturated heterocycles. The van der Waals surface area contributed by atoms with Gasteiger partial charge in [0.05, 0.1) is 11.4 Å². The molecule has 5 nitrogen and oxygen atoms in total. The van der Waals surface area contributed by atoms with E-state index in [-0.39, 0.29) is 0 Å². The molecule has 0 aliphatic carbocycles. The topological polar surface area (TPSA) is 64.5 Å². The van der Waals surface area contributed by atoms with E-state index in [1.54, 1.807) is 0 Å². The first-order chi connectivity index (χ1) is 27.5. The molecule has 9 rings (SSSR count). The molecular weight excluding hydrogens is 683 g/mol. The summed E-state index contributed by atoms with van der Waals surface area (Å²) in [4.78, 5) is 25.0. The number of hydrogen-bond acceptors (Lipinski definition) is 5. The van der Waals surface area contributed by atoms with Crippen LogP contribution in [0.3, 0.4) is 0 Å². The van der Waals surface area contributed by atoms with Gasteiger partial charge in [-0.1, -0.05) is 181 Å². The predicted octanol–water partition coefficient (Wildman–Crippen LogP) is 12.6. The van der Waals surface area contributed by atoms with E-state index in [0.717, 1.165) is 67.0 Å². The van der Waals surface area contributed by atoms with E-state index in [2.05, 4.69) is 153 Å². The van der Waals surface area contributed by atoms with Crippen LogP contribution in [0.2, 0.25) is 0 Å². The fraction of sp³-hybridized carbons (Fsp3) is 0.0392. The minimum atomic E-state index is 0.624. The number of benzene rings is 7. The lowest BCUT2D eigenvalue weighted by molar-refractivity contribution is 1.07. The number of hydrogen-bond donors (Lipinski definition) is 0. The molecule has 5 heteroatoms. The molecule has 56 heavy (non-hydrogen) atoms. The van der Waals surface area contributed by atoms with Gasteiger partial charge in [0.2, 0.25) is 0 Å². The molecular formula is C51H37N5. The standard InChI is InChI=1S/C51H37N5/c1-34-12-9-18-42(30-34)43-19-11-21-45(32-43)51-55-49(40-16-7-4-8-17-40)54-50(56-51)41-28-24-37(25-29-41)36-22-26-38(27-23-36)46-33-47(44-20-10-13-35(2)31-44)53-48(52-46)39-14-5-3-6-15-39/h3-33H,1-2H3. The Morgan fingerprint density at radius 3 is 1.14 bits per heavy atom. The van der Waals surface area contributed by atoms with Crippen molar-refractivity contribution in [2.24, 2.45) is 0 Å². The maximum absolute atomic E-state index is 5.03. The van der Waals surface area contributed by atoms with Gasteiger partial charge in [0.25, 0.3) is 0 Å². The van der Waals surface area contributed by atoms with Gasteiger partial charge >= 0.3 is 0 Å². The lowest BCUT2D eigenvalue weighted by Gasteiger charge is -2.11. The van der Waals surface area contributed by atoms with Crippen LogP contribution in [0.5, 0.6) is 0 Å². The third kappa shape index (κ3) is 7.39. The second-order valence-corrected chi connectivity index (χ2v) is 14.0. The molecule has 0 saturated carbocycles. The summed E-state index contributed by atoms with van der Waals surface area (Å²) >= 11 is 0. The monoisotopic (exact) mass is 719 g/mol. The van der Waals surface area contributed by atoms with Gasteiger partial charge in [0.1, 0.15) is 0 Å². The van der Waals surface area contributed by atoms with E-state index in [9.17, 15) is 0 Å². The van der Waals surface area contributed by atoms with Crippen LogP contribution in [0, 0.1) is 13.8 Å². The number of nitrogens with zero attached hydrogens (tertiary/aromatic N) is 5. The first-order valence-electron chi connectivity index (χ1n) is 18.7. The molecule has 0 aliphatic heterocycles. The van der Waals surface area contributed by atoms with E-state index >= 15 is 0 Å². The fourth-order valence-electron chi connectivity index (χ4n) is 6.92. The van der Waals surface area contributed by atoms with Crippen LogP contribution in [-0.2, 0) is 0 Å². The summed E-state index contributed by atoms with van der Waals surface area (Å²) in [6, 6.07) is 64.7. The van der Waals surface area contributed by atoms with Crippen LogP contribution in [0.4, 0.5) is 0 Å². The molecule has 0 spiro atoms. The SMILES string of the molecule is Cc1cccc(-c2cccc(-c3nc(-c4ccccc4)nc(-c4ccc(-c5ccc(-c6cc(-c7cccc(C)c7)nc(-c7ccccc7)n6)cc5)cc4)n3)c2)c1. The Morgan fingerprint density at radius 2 is 0.589 bits per heavy atom. The van der Waals surface area contributed by atoms with Crippen LogP contribution in [-0.4, -0.2) is 24.9 Å². The quantitative estimate of drug-likeness (QED) is 0.156. The van der Waals surface area contributed by atoms with Gasteiger partial charge in [-0.15, -0.1) is 0 Å². The Balaban J connectivity index is 1.04. The molecule has 0 N–H and O–H groups in total. The van der Waals surface area contributed by atoms with E-state index in [1.807, 2.05) is 48.5 Å². The third-order valence-corrected chi connectivity index (χ3v) is 9.87. The van der Waals surface area contributed by atoms with Crippen molar-refractivity contribution in [2.45, 2.75) is 13.8 Å². The molecule has 0 bridgehead atoms. The second kappa shape index (κ2) is 15.2. The Hall–Kier alpha value is -7.37. The summed E-state index contributed by atoms with van der Waals surface area (Å²) in [5, 5.41) is 0. The van der Waals surface area contributed by atoms with Crippen molar-refractivity contribution in [3.63, 3.8) is 0 Å². The van der Waals surface area contributed by atoms with Gasteiger partial charge in [-0.25, -0.2) is 24.9 Å². The smallest absolute Gasteiger partial charge is 0.164 e. The lowest BCUT2D eigenvalue weighted by Crippen LogP contribution is -2.00. The minimum Gasteiger partial charge on any atom is -0.228 e. The van der Waals surface area contributed by atoms with Crippen molar-refractivity contribution in [3.8, 4) is 90.3 Å². The summed E-state index contributed by atoms with van der Waals surface area (Å²) in [6.45, 7) is 4.21. The third-order valence-electron chi connectivity index (χ3n) is 9.87. The average molecular weight is 720 g/mol. The van der Waals surface area contributed by atoms with Crippen LogP contribution in [0.15, 0.2) is 188 Å². The maximum atomic E-state index is 5.03. The van der Waals surface area contributed by atoms with E-state index < -0.39 is 0 Å².